The molecular formula is C20H22N4O3S. The van der Waals surface area contributed by atoms with E-state index in [0.717, 1.165) is 15.8 Å². The Kier molecular flexibility index (Phi) is 6.10. The van der Waals surface area contributed by atoms with Gasteiger partial charge in [-0.3, -0.25) is 9.59 Å². The van der Waals surface area contributed by atoms with Gasteiger partial charge in [-0.05, 0) is 29.8 Å². The zero-order chi connectivity index (χ0) is 20.1. The van der Waals surface area contributed by atoms with Crippen LogP contribution in [0.3, 0.4) is 0 Å². The van der Waals surface area contributed by atoms with Crippen LogP contribution in [0.2, 0.25) is 0 Å². The molecule has 3 aromatic rings. The van der Waals surface area contributed by atoms with Gasteiger partial charge in [0.15, 0.2) is 0 Å². The standard InChI is InChI=1S/C20H22N4O3S/c1-13(25)21-16(14-8-10-15(27-3)11-9-14)12-19(26)22-23-20-24(2)17-6-4-5-7-18(17)28-20/h4-11,16H,12H2,1-3H3,(H,21,25)(H,22,26)/b23-20-. The minimum Gasteiger partial charge on any atom is -0.497 e. The quantitative estimate of drug-likeness (QED) is 0.626. The Labute approximate surface area is 166 Å². The first-order valence-electron chi connectivity index (χ1n) is 8.76. The maximum Gasteiger partial charge on any atom is 0.242 e. The third-order valence-corrected chi connectivity index (χ3v) is 5.39. The number of amides is 2. The highest BCUT2D eigenvalue weighted by molar-refractivity contribution is 7.16. The third-order valence-electron chi connectivity index (χ3n) is 4.28. The SMILES string of the molecule is COc1ccc(C(CC(=O)N/N=c2\sc3ccccc3n2C)NC(C)=O)cc1. The molecule has 2 aromatic carbocycles. The molecule has 0 saturated carbocycles. The normalized spacial score (nSPS) is 12.6. The Morgan fingerprint density at radius 3 is 2.54 bits per heavy atom. The minimum absolute atomic E-state index is 0.0734. The number of fused-ring (bicyclic) bond motifs is 1. The van der Waals surface area contributed by atoms with Crippen molar-refractivity contribution in [2.45, 2.75) is 19.4 Å². The number of para-hydroxylation sites is 1. The van der Waals surface area contributed by atoms with Crippen molar-refractivity contribution in [3.05, 3.63) is 58.9 Å². The summed E-state index contributed by atoms with van der Waals surface area (Å²) in [5.74, 6) is 0.218. The Bertz CT molecular complexity index is 1050. The molecule has 8 heteroatoms. The van der Waals surface area contributed by atoms with Crippen LogP contribution in [0.25, 0.3) is 10.2 Å². The van der Waals surface area contributed by atoms with E-state index in [-0.39, 0.29) is 18.2 Å². The van der Waals surface area contributed by atoms with E-state index in [1.807, 2.05) is 48.0 Å². The average Bonchev–Trinajstić information content (AvgIpc) is 3.02. The molecule has 0 aliphatic rings. The fourth-order valence-corrected chi connectivity index (χ4v) is 3.84. The number of carbonyl (C=O) groups is 2. The van der Waals surface area contributed by atoms with Crippen molar-refractivity contribution in [3.63, 3.8) is 0 Å². The first-order valence-corrected chi connectivity index (χ1v) is 9.57. The van der Waals surface area contributed by atoms with Crippen LogP contribution in [0.15, 0.2) is 53.6 Å². The summed E-state index contributed by atoms with van der Waals surface area (Å²) in [4.78, 5) is 24.7. The van der Waals surface area contributed by atoms with Gasteiger partial charge >= 0.3 is 0 Å². The highest BCUT2D eigenvalue weighted by atomic mass is 32.1. The Morgan fingerprint density at radius 1 is 1.18 bits per heavy atom. The zero-order valence-electron chi connectivity index (χ0n) is 15.9. The molecule has 0 aliphatic carbocycles. The van der Waals surface area contributed by atoms with E-state index in [2.05, 4.69) is 15.8 Å². The van der Waals surface area contributed by atoms with Crippen molar-refractivity contribution >= 4 is 33.4 Å². The van der Waals surface area contributed by atoms with Gasteiger partial charge in [0.1, 0.15) is 5.75 Å². The monoisotopic (exact) mass is 398 g/mol. The number of aromatic nitrogens is 1. The molecule has 1 unspecified atom stereocenters. The van der Waals surface area contributed by atoms with Gasteiger partial charge < -0.3 is 14.6 Å². The molecule has 0 fully saturated rings. The van der Waals surface area contributed by atoms with E-state index in [9.17, 15) is 9.59 Å². The summed E-state index contributed by atoms with van der Waals surface area (Å²) >= 11 is 1.49. The van der Waals surface area contributed by atoms with E-state index < -0.39 is 6.04 Å². The molecule has 0 bridgehead atoms. The molecule has 146 valence electrons. The molecule has 0 radical (unpaired) electrons. The number of methoxy groups -OCH3 is 1. The summed E-state index contributed by atoms with van der Waals surface area (Å²) in [5, 5.41) is 7.06. The summed E-state index contributed by atoms with van der Waals surface area (Å²) < 4.78 is 8.17. The second-order valence-electron chi connectivity index (χ2n) is 6.29. The Hall–Kier alpha value is -3.13. The smallest absolute Gasteiger partial charge is 0.242 e. The number of ether oxygens (including phenoxy) is 1. The molecular weight excluding hydrogens is 376 g/mol. The van der Waals surface area contributed by atoms with Crippen molar-refractivity contribution in [1.82, 2.24) is 15.3 Å². The molecule has 7 nitrogen and oxygen atoms in total. The second-order valence-corrected chi connectivity index (χ2v) is 7.30. The van der Waals surface area contributed by atoms with E-state index in [1.165, 1.54) is 18.3 Å². The van der Waals surface area contributed by atoms with Gasteiger partial charge in [-0.1, -0.05) is 35.6 Å². The lowest BCUT2D eigenvalue weighted by molar-refractivity contribution is -0.122. The number of thiazole rings is 1. The largest absolute Gasteiger partial charge is 0.497 e. The number of benzene rings is 2. The maximum absolute atomic E-state index is 12.4. The van der Waals surface area contributed by atoms with Crippen LogP contribution in [0, 0.1) is 0 Å². The molecule has 3 rings (SSSR count). The summed E-state index contributed by atoms with van der Waals surface area (Å²) in [6, 6.07) is 14.7. The maximum atomic E-state index is 12.4. The van der Waals surface area contributed by atoms with Gasteiger partial charge in [0.25, 0.3) is 0 Å². The van der Waals surface area contributed by atoms with Gasteiger partial charge in [-0.2, -0.15) is 0 Å². The van der Waals surface area contributed by atoms with Crippen LogP contribution in [0.5, 0.6) is 5.75 Å². The molecule has 28 heavy (non-hydrogen) atoms. The van der Waals surface area contributed by atoms with Crippen molar-refractivity contribution in [3.8, 4) is 5.75 Å². The third kappa shape index (κ3) is 4.58. The fourth-order valence-electron chi connectivity index (χ4n) is 2.86. The van der Waals surface area contributed by atoms with Gasteiger partial charge in [-0.25, -0.2) is 5.43 Å². The highest BCUT2D eigenvalue weighted by Crippen LogP contribution is 2.20. The first kappa shape index (κ1) is 19.6. The summed E-state index contributed by atoms with van der Waals surface area (Å²) in [6.45, 7) is 1.43. The molecule has 2 N–H and O–H groups in total. The topological polar surface area (TPSA) is 84.7 Å². The number of hydrogen-bond donors (Lipinski definition) is 2. The first-order chi connectivity index (χ1) is 13.5. The van der Waals surface area contributed by atoms with Crippen LogP contribution in [-0.2, 0) is 16.6 Å². The second kappa shape index (κ2) is 8.71. The number of carbonyl (C=O) groups excluding carboxylic acids is 2. The van der Waals surface area contributed by atoms with E-state index in [4.69, 9.17) is 4.74 Å². The minimum atomic E-state index is -0.449. The zero-order valence-corrected chi connectivity index (χ0v) is 16.7. The van der Waals surface area contributed by atoms with Crippen molar-refractivity contribution in [2.75, 3.05) is 7.11 Å². The van der Waals surface area contributed by atoms with E-state index >= 15 is 0 Å². The average molecular weight is 398 g/mol. The summed E-state index contributed by atoms with van der Waals surface area (Å²) in [5.41, 5.74) is 4.47. The summed E-state index contributed by atoms with van der Waals surface area (Å²) in [7, 11) is 3.49. The van der Waals surface area contributed by atoms with Gasteiger partial charge in [0.05, 0.1) is 29.8 Å². The highest BCUT2D eigenvalue weighted by Gasteiger charge is 2.17. The molecule has 2 amide bonds. The number of aryl methyl sites for hydroxylation is 1. The molecule has 0 spiro atoms. The predicted octanol–water partition coefficient (Wildman–Crippen LogP) is 2.45. The van der Waals surface area contributed by atoms with Gasteiger partial charge in [0, 0.05) is 14.0 Å². The van der Waals surface area contributed by atoms with Crippen LogP contribution in [0.4, 0.5) is 0 Å². The van der Waals surface area contributed by atoms with Crippen LogP contribution >= 0.6 is 11.3 Å². The van der Waals surface area contributed by atoms with Gasteiger partial charge in [0.2, 0.25) is 16.6 Å². The predicted molar refractivity (Wildman–Crippen MR) is 109 cm³/mol. The molecule has 1 atom stereocenters. The molecule has 0 saturated heterocycles. The number of nitrogens with zero attached hydrogens (tertiary/aromatic N) is 2. The Morgan fingerprint density at radius 2 is 1.89 bits per heavy atom. The Balaban J connectivity index is 1.75. The van der Waals surface area contributed by atoms with Crippen LogP contribution in [0.1, 0.15) is 24.9 Å². The lowest BCUT2D eigenvalue weighted by atomic mass is 10.0. The number of rotatable bonds is 6. The van der Waals surface area contributed by atoms with Crippen LogP contribution in [-0.4, -0.2) is 23.5 Å². The number of hydrogen-bond acceptors (Lipinski definition) is 5. The van der Waals surface area contributed by atoms with Crippen LogP contribution < -0.4 is 20.3 Å². The van der Waals surface area contributed by atoms with Crippen molar-refractivity contribution in [1.29, 1.82) is 0 Å². The fraction of sp³-hybridized carbons (Fsp3) is 0.250. The van der Waals surface area contributed by atoms with Gasteiger partial charge in [-0.15, -0.1) is 5.10 Å². The lowest BCUT2D eigenvalue weighted by Gasteiger charge is -2.17. The number of nitrogens with one attached hydrogen (secondary N) is 2. The molecule has 1 heterocycles. The van der Waals surface area contributed by atoms with Crippen molar-refractivity contribution in [2.24, 2.45) is 12.1 Å². The summed E-state index contributed by atoms with van der Waals surface area (Å²) in [6.07, 6.45) is 0.0734. The molecule has 1 aromatic heterocycles. The van der Waals surface area contributed by atoms with E-state index in [0.29, 0.717) is 10.6 Å². The van der Waals surface area contributed by atoms with Crippen molar-refractivity contribution < 1.29 is 14.3 Å². The molecule has 0 aliphatic heterocycles. The van der Waals surface area contributed by atoms with E-state index in [1.54, 1.807) is 19.2 Å². The lowest BCUT2D eigenvalue weighted by Crippen LogP contribution is -2.32.